The zero-order valence-electron chi connectivity index (χ0n) is 6.94. The first-order valence-electron chi connectivity index (χ1n) is 4.39. The fourth-order valence-electron chi connectivity index (χ4n) is 2.58. The maximum Gasteiger partial charge on any atom is 0.233 e. The summed E-state index contributed by atoms with van der Waals surface area (Å²) in [7, 11) is 0. The molecule has 0 aromatic carbocycles. The van der Waals surface area contributed by atoms with Crippen LogP contribution in [0.1, 0.15) is 0 Å². The highest BCUT2D eigenvalue weighted by molar-refractivity contribution is 9.12. The minimum atomic E-state index is -0.286. The fourth-order valence-corrected chi connectivity index (χ4v) is 4.09. The summed E-state index contributed by atoms with van der Waals surface area (Å²) in [6.07, 6.45) is -0.332. The van der Waals surface area contributed by atoms with Crippen molar-refractivity contribution in [1.82, 2.24) is 5.32 Å². The number of hydrogen-bond acceptors (Lipinski definition) is 3. The molecule has 6 heteroatoms. The smallest absolute Gasteiger partial charge is 0.233 e. The lowest BCUT2D eigenvalue weighted by molar-refractivity contribution is -0.128. The third-order valence-corrected chi connectivity index (χ3v) is 6.08. The largest absolute Gasteiger partial charge is 0.371 e. The standard InChI is InChI=1S/C8H7Br2NO3/c9-3-4(10)6-2-1(5(3)14-6)7(12)11-8(2)13/h1-6H,(H,11,12,13)/t1-,2-,3-,4+,5+,6+/m0/s1. The van der Waals surface area contributed by atoms with Gasteiger partial charge < -0.3 is 4.74 Å². The lowest BCUT2D eigenvalue weighted by atomic mass is 9.81. The number of imide groups is 1. The second-order valence-corrected chi connectivity index (χ2v) is 5.97. The summed E-state index contributed by atoms with van der Waals surface area (Å²) in [5, 5.41) is 2.36. The van der Waals surface area contributed by atoms with E-state index in [-0.39, 0.29) is 45.5 Å². The van der Waals surface area contributed by atoms with Crippen molar-refractivity contribution in [3.05, 3.63) is 0 Å². The van der Waals surface area contributed by atoms with Gasteiger partial charge in [-0.1, -0.05) is 31.9 Å². The van der Waals surface area contributed by atoms with Crippen LogP contribution in [-0.2, 0) is 14.3 Å². The molecule has 0 radical (unpaired) electrons. The number of hydrogen-bond donors (Lipinski definition) is 1. The minimum absolute atomic E-state index is 0.116. The van der Waals surface area contributed by atoms with Crippen molar-refractivity contribution < 1.29 is 14.3 Å². The molecule has 3 heterocycles. The molecule has 0 aromatic rings. The van der Waals surface area contributed by atoms with E-state index < -0.39 is 0 Å². The normalized spacial score (nSPS) is 55.0. The summed E-state index contributed by atoms with van der Waals surface area (Å²) in [4.78, 5) is 23.2. The molecule has 3 rings (SSSR count). The Bertz CT molecular complexity index is 305. The Hall–Kier alpha value is 0.0600. The van der Waals surface area contributed by atoms with E-state index in [0.29, 0.717) is 0 Å². The molecule has 3 aliphatic rings. The van der Waals surface area contributed by atoms with Crippen molar-refractivity contribution >= 4 is 43.7 Å². The number of fused-ring (bicyclic) bond motifs is 5. The van der Waals surface area contributed by atoms with Crippen LogP contribution in [0, 0.1) is 11.8 Å². The van der Waals surface area contributed by atoms with Crippen LogP contribution in [-0.4, -0.2) is 33.7 Å². The maximum atomic E-state index is 11.5. The quantitative estimate of drug-likeness (QED) is 0.511. The molecule has 0 saturated carbocycles. The summed E-state index contributed by atoms with van der Waals surface area (Å²) < 4.78 is 5.63. The van der Waals surface area contributed by atoms with Gasteiger partial charge in [0.05, 0.1) is 33.7 Å². The van der Waals surface area contributed by atoms with Crippen LogP contribution in [0.4, 0.5) is 0 Å². The van der Waals surface area contributed by atoms with E-state index >= 15 is 0 Å². The zero-order valence-corrected chi connectivity index (χ0v) is 10.1. The van der Waals surface area contributed by atoms with Gasteiger partial charge in [-0.05, 0) is 0 Å². The van der Waals surface area contributed by atoms with Crippen LogP contribution in [0.25, 0.3) is 0 Å². The fraction of sp³-hybridized carbons (Fsp3) is 0.750. The summed E-state index contributed by atoms with van der Waals surface area (Å²) in [6.45, 7) is 0. The molecule has 0 spiro atoms. The average molecular weight is 325 g/mol. The molecule has 1 N–H and O–H groups in total. The second-order valence-electron chi connectivity index (χ2n) is 3.86. The number of carbonyl (C=O) groups is 2. The van der Waals surface area contributed by atoms with E-state index in [2.05, 4.69) is 37.2 Å². The van der Waals surface area contributed by atoms with Crippen molar-refractivity contribution in [2.75, 3.05) is 0 Å². The van der Waals surface area contributed by atoms with Crippen LogP contribution in [0.3, 0.4) is 0 Å². The molecule has 3 saturated heterocycles. The van der Waals surface area contributed by atoms with Crippen molar-refractivity contribution in [3.63, 3.8) is 0 Å². The summed E-state index contributed by atoms with van der Waals surface area (Å²) >= 11 is 6.96. The molecule has 6 atom stereocenters. The zero-order chi connectivity index (χ0) is 10.0. The van der Waals surface area contributed by atoms with Crippen molar-refractivity contribution in [2.45, 2.75) is 21.9 Å². The Morgan fingerprint density at radius 1 is 1.00 bits per heavy atom. The molecule has 4 nitrogen and oxygen atoms in total. The van der Waals surface area contributed by atoms with Crippen LogP contribution in [0.5, 0.6) is 0 Å². The van der Waals surface area contributed by atoms with Gasteiger partial charge in [0.1, 0.15) is 0 Å². The third-order valence-electron chi connectivity index (χ3n) is 3.19. The number of amides is 2. The van der Waals surface area contributed by atoms with Gasteiger partial charge in [-0.3, -0.25) is 14.9 Å². The molecule has 2 amide bonds. The van der Waals surface area contributed by atoms with Crippen LogP contribution >= 0.6 is 31.9 Å². The first kappa shape index (κ1) is 9.30. The van der Waals surface area contributed by atoms with Crippen LogP contribution in [0.2, 0.25) is 0 Å². The molecule has 14 heavy (non-hydrogen) atoms. The number of rotatable bonds is 0. The highest BCUT2D eigenvalue weighted by Gasteiger charge is 2.65. The molecule has 0 aliphatic carbocycles. The van der Waals surface area contributed by atoms with Gasteiger partial charge in [-0.15, -0.1) is 0 Å². The van der Waals surface area contributed by atoms with E-state index in [0.717, 1.165) is 0 Å². The molecule has 3 fully saturated rings. The molecule has 76 valence electrons. The number of nitrogens with one attached hydrogen (secondary N) is 1. The van der Waals surface area contributed by atoms with Gasteiger partial charge in [-0.25, -0.2) is 0 Å². The Kier molecular flexibility index (Phi) is 1.86. The second kappa shape index (κ2) is 2.80. The van der Waals surface area contributed by atoms with E-state index in [1.807, 2.05) is 0 Å². The average Bonchev–Trinajstić information content (AvgIpc) is 2.71. The maximum absolute atomic E-state index is 11.5. The van der Waals surface area contributed by atoms with E-state index in [4.69, 9.17) is 4.74 Å². The van der Waals surface area contributed by atoms with Gasteiger partial charge in [0.2, 0.25) is 11.8 Å². The predicted molar refractivity (Wildman–Crippen MR) is 54.2 cm³/mol. The number of ether oxygens (including phenoxy) is 1. The highest BCUT2D eigenvalue weighted by Crippen LogP contribution is 2.51. The Balaban J connectivity index is 2.01. The van der Waals surface area contributed by atoms with Gasteiger partial charge in [-0.2, -0.15) is 0 Å². The Labute approximate surface area is 97.0 Å². The predicted octanol–water partition coefficient (Wildman–Crippen LogP) is 0.183. The van der Waals surface area contributed by atoms with E-state index in [1.54, 1.807) is 0 Å². The minimum Gasteiger partial charge on any atom is -0.371 e. The first-order chi connectivity index (χ1) is 6.61. The lowest BCUT2D eigenvalue weighted by Gasteiger charge is -2.24. The van der Waals surface area contributed by atoms with Crippen molar-refractivity contribution in [1.29, 1.82) is 0 Å². The molecule has 0 unspecified atom stereocenters. The van der Waals surface area contributed by atoms with Gasteiger partial charge in [0.15, 0.2) is 0 Å². The van der Waals surface area contributed by atoms with Crippen LogP contribution < -0.4 is 5.32 Å². The van der Waals surface area contributed by atoms with Gasteiger partial charge in [0, 0.05) is 0 Å². The highest BCUT2D eigenvalue weighted by atomic mass is 79.9. The number of halogens is 2. The van der Waals surface area contributed by atoms with Gasteiger partial charge >= 0.3 is 0 Å². The molecule has 2 bridgehead atoms. The number of alkyl halides is 2. The third kappa shape index (κ3) is 0.919. The van der Waals surface area contributed by atoms with Crippen molar-refractivity contribution in [3.8, 4) is 0 Å². The summed E-state index contributed by atoms with van der Waals surface area (Å²) in [5.41, 5.74) is 0. The van der Waals surface area contributed by atoms with E-state index in [1.165, 1.54) is 0 Å². The lowest BCUT2D eigenvalue weighted by Crippen LogP contribution is -2.42. The van der Waals surface area contributed by atoms with Crippen LogP contribution in [0.15, 0.2) is 0 Å². The topological polar surface area (TPSA) is 55.4 Å². The summed E-state index contributed by atoms with van der Waals surface area (Å²) in [5.74, 6) is -0.941. The van der Waals surface area contributed by atoms with Gasteiger partial charge in [0.25, 0.3) is 0 Å². The Morgan fingerprint density at radius 2 is 1.43 bits per heavy atom. The van der Waals surface area contributed by atoms with Crippen molar-refractivity contribution in [2.24, 2.45) is 11.8 Å². The molecule has 0 aromatic heterocycles. The van der Waals surface area contributed by atoms with E-state index in [9.17, 15) is 9.59 Å². The molecular weight excluding hydrogens is 318 g/mol. The number of carbonyl (C=O) groups excluding carboxylic acids is 2. The summed E-state index contributed by atoms with van der Waals surface area (Å²) in [6, 6.07) is 0. The molecular formula is C8H7Br2NO3. The first-order valence-corrected chi connectivity index (χ1v) is 6.22. The Morgan fingerprint density at radius 3 is 1.86 bits per heavy atom. The SMILES string of the molecule is O=C1NC(=O)[C@@H]2[C@H]3O[C@@H]([C@H](Br)[C@@H]3Br)[C@@H]12. The monoisotopic (exact) mass is 323 g/mol. The molecule has 3 aliphatic heterocycles.